The molecule has 0 amide bonds. The van der Waals surface area contributed by atoms with Crippen LogP contribution in [0.15, 0.2) is 42.5 Å². The molecule has 2 aromatic rings. The largest absolute Gasteiger partial charge is 0.493 e. The number of ether oxygens (including phenoxy) is 2. The monoisotopic (exact) mass is 301 g/mol. The summed E-state index contributed by atoms with van der Waals surface area (Å²) < 4.78 is 10.9. The minimum Gasteiger partial charge on any atom is -0.493 e. The van der Waals surface area contributed by atoms with Crippen LogP contribution in [0.25, 0.3) is 0 Å². The zero-order valence-corrected chi connectivity index (χ0v) is 13.1. The fourth-order valence-corrected chi connectivity index (χ4v) is 2.32. The lowest BCUT2D eigenvalue weighted by Gasteiger charge is -2.12. The van der Waals surface area contributed by atoms with E-state index in [1.165, 1.54) is 0 Å². The van der Waals surface area contributed by atoms with Crippen molar-refractivity contribution in [2.45, 2.75) is 26.6 Å². The molecule has 0 bridgehead atoms. The molecule has 22 heavy (non-hydrogen) atoms. The standard InChI is InChI=1S/C18H23NO3/c1-3-22-17-9-8-14(10-18(17)21-2)11-19-12-15-6-4-5-7-16(15)13-20/h4-10,19-20H,3,11-13H2,1-2H3. The molecule has 0 atom stereocenters. The zero-order valence-electron chi connectivity index (χ0n) is 13.1. The number of hydrogen-bond donors (Lipinski definition) is 2. The predicted octanol–water partition coefficient (Wildman–Crippen LogP) is 2.88. The van der Waals surface area contributed by atoms with Gasteiger partial charge in [-0.05, 0) is 35.7 Å². The Labute approximate surface area is 131 Å². The minimum absolute atomic E-state index is 0.0642. The van der Waals surface area contributed by atoms with Crippen LogP contribution in [0, 0.1) is 0 Å². The molecule has 0 aromatic heterocycles. The van der Waals surface area contributed by atoms with Crippen LogP contribution in [0.4, 0.5) is 0 Å². The minimum atomic E-state index is 0.0642. The molecule has 0 unspecified atom stereocenters. The van der Waals surface area contributed by atoms with Gasteiger partial charge in [0.25, 0.3) is 0 Å². The van der Waals surface area contributed by atoms with Crippen molar-refractivity contribution in [3.63, 3.8) is 0 Å². The summed E-state index contributed by atoms with van der Waals surface area (Å²) in [5.41, 5.74) is 3.20. The van der Waals surface area contributed by atoms with E-state index in [2.05, 4.69) is 5.32 Å². The summed E-state index contributed by atoms with van der Waals surface area (Å²) in [6.45, 7) is 4.07. The summed E-state index contributed by atoms with van der Waals surface area (Å²) >= 11 is 0. The van der Waals surface area contributed by atoms with E-state index in [-0.39, 0.29) is 6.61 Å². The van der Waals surface area contributed by atoms with Crippen molar-refractivity contribution >= 4 is 0 Å². The van der Waals surface area contributed by atoms with Crippen molar-refractivity contribution in [1.29, 1.82) is 0 Å². The van der Waals surface area contributed by atoms with Crippen LogP contribution >= 0.6 is 0 Å². The number of nitrogens with one attached hydrogen (secondary N) is 1. The summed E-state index contributed by atoms with van der Waals surface area (Å²) in [6.07, 6.45) is 0. The lowest BCUT2D eigenvalue weighted by atomic mass is 10.1. The molecule has 0 fully saturated rings. The summed E-state index contributed by atoms with van der Waals surface area (Å²) in [5.74, 6) is 1.51. The molecular formula is C18H23NO3. The lowest BCUT2D eigenvalue weighted by molar-refractivity contribution is 0.280. The Hall–Kier alpha value is -2.04. The van der Waals surface area contributed by atoms with Crippen LogP contribution < -0.4 is 14.8 Å². The highest BCUT2D eigenvalue weighted by Gasteiger charge is 2.05. The fourth-order valence-electron chi connectivity index (χ4n) is 2.32. The van der Waals surface area contributed by atoms with E-state index in [1.54, 1.807) is 7.11 Å². The van der Waals surface area contributed by atoms with Crippen molar-refractivity contribution in [2.75, 3.05) is 13.7 Å². The molecule has 2 aromatic carbocycles. The number of benzene rings is 2. The summed E-state index contributed by atoms with van der Waals surface area (Å²) in [4.78, 5) is 0. The van der Waals surface area contributed by atoms with Gasteiger partial charge in [-0.2, -0.15) is 0 Å². The van der Waals surface area contributed by atoms with Gasteiger partial charge in [-0.15, -0.1) is 0 Å². The number of hydrogen-bond acceptors (Lipinski definition) is 4. The molecule has 118 valence electrons. The Morgan fingerprint density at radius 2 is 1.77 bits per heavy atom. The highest BCUT2D eigenvalue weighted by Crippen LogP contribution is 2.28. The lowest BCUT2D eigenvalue weighted by Crippen LogP contribution is -2.14. The first-order valence-corrected chi connectivity index (χ1v) is 7.46. The number of rotatable bonds is 8. The molecule has 2 rings (SSSR count). The van der Waals surface area contributed by atoms with E-state index in [9.17, 15) is 5.11 Å². The van der Waals surface area contributed by atoms with Crippen molar-refractivity contribution < 1.29 is 14.6 Å². The van der Waals surface area contributed by atoms with Crippen LogP contribution in [-0.4, -0.2) is 18.8 Å². The SMILES string of the molecule is CCOc1ccc(CNCc2ccccc2CO)cc1OC. The van der Waals surface area contributed by atoms with E-state index in [4.69, 9.17) is 9.47 Å². The maximum atomic E-state index is 9.33. The fraction of sp³-hybridized carbons (Fsp3) is 0.333. The van der Waals surface area contributed by atoms with Crippen LogP contribution in [0.2, 0.25) is 0 Å². The van der Waals surface area contributed by atoms with Gasteiger partial charge in [0.05, 0.1) is 20.3 Å². The average molecular weight is 301 g/mol. The number of methoxy groups -OCH3 is 1. The quantitative estimate of drug-likeness (QED) is 0.787. The highest BCUT2D eigenvalue weighted by atomic mass is 16.5. The van der Waals surface area contributed by atoms with Gasteiger partial charge in [-0.1, -0.05) is 30.3 Å². The predicted molar refractivity (Wildman–Crippen MR) is 87.1 cm³/mol. The first-order valence-electron chi connectivity index (χ1n) is 7.46. The second-order valence-electron chi connectivity index (χ2n) is 4.95. The molecule has 0 spiro atoms. The van der Waals surface area contributed by atoms with Gasteiger partial charge in [-0.3, -0.25) is 0 Å². The molecule has 0 heterocycles. The third-order valence-electron chi connectivity index (χ3n) is 3.46. The molecule has 4 nitrogen and oxygen atoms in total. The molecule has 0 aliphatic rings. The molecule has 0 radical (unpaired) electrons. The molecule has 0 saturated carbocycles. The van der Waals surface area contributed by atoms with Gasteiger partial charge >= 0.3 is 0 Å². The van der Waals surface area contributed by atoms with E-state index < -0.39 is 0 Å². The molecule has 2 N–H and O–H groups in total. The van der Waals surface area contributed by atoms with Crippen molar-refractivity contribution in [1.82, 2.24) is 5.32 Å². The number of aliphatic hydroxyl groups excluding tert-OH is 1. The second-order valence-corrected chi connectivity index (χ2v) is 4.95. The Balaban J connectivity index is 1.97. The van der Waals surface area contributed by atoms with Gasteiger partial charge in [0.15, 0.2) is 11.5 Å². The van der Waals surface area contributed by atoms with E-state index >= 15 is 0 Å². The van der Waals surface area contributed by atoms with E-state index in [1.807, 2.05) is 49.4 Å². The van der Waals surface area contributed by atoms with Crippen molar-refractivity contribution in [3.05, 3.63) is 59.2 Å². The molecule has 0 aliphatic carbocycles. The Kier molecular flexibility index (Phi) is 6.25. The normalized spacial score (nSPS) is 10.5. The maximum absolute atomic E-state index is 9.33. The first-order chi connectivity index (χ1) is 10.8. The molecule has 0 aliphatic heterocycles. The van der Waals surface area contributed by atoms with E-state index in [0.717, 1.165) is 34.7 Å². The van der Waals surface area contributed by atoms with Gasteiger partial charge in [-0.25, -0.2) is 0 Å². The molecule has 4 heteroatoms. The van der Waals surface area contributed by atoms with Gasteiger partial charge < -0.3 is 19.9 Å². The Bertz CT molecular complexity index is 599. The average Bonchev–Trinajstić information content (AvgIpc) is 2.56. The van der Waals surface area contributed by atoms with Crippen molar-refractivity contribution in [2.24, 2.45) is 0 Å². The molecule has 0 saturated heterocycles. The van der Waals surface area contributed by atoms with Gasteiger partial charge in [0.1, 0.15) is 0 Å². The number of aliphatic hydroxyl groups is 1. The third kappa shape index (κ3) is 4.23. The van der Waals surface area contributed by atoms with Gasteiger partial charge in [0, 0.05) is 13.1 Å². The topological polar surface area (TPSA) is 50.7 Å². The summed E-state index contributed by atoms with van der Waals surface area (Å²) in [5, 5.41) is 12.7. The van der Waals surface area contributed by atoms with Crippen LogP contribution in [-0.2, 0) is 19.7 Å². The highest BCUT2D eigenvalue weighted by molar-refractivity contribution is 5.43. The second kappa shape index (κ2) is 8.41. The van der Waals surface area contributed by atoms with Crippen LogP contribution in [0.5, 0.6) is 11.5 Å². The Morgan fingerprint density at radius 3 is 2.45 bits per heavy atom. The summed E-state index contributed by atoms with van der Waals surface area (Å²) in [6, 6.07) is 13.8. The van der Waals surface area contributed by atoms with Gasteiger partial charge in [0.2, 0.25) is 0 Å². The Morgan fingerprint density at radius 1 is 1.00 bits per heavy atom. The van der Waals surface area contributed by atoms with Crippen LogP contribution in [0.1, 0.15) is 23.6 Å². The third-order valence-corrected chi connectivity index (χ3v) is 3.46. The van der Waals surface area contributed by atoms with Crippen LogP contribution in [0.3, 0.4) is 0 Å². The van der Waals surface area contributed by atoms with E-state index in [0.29, 0.717) is 13.2 Å². The molecular weight excluding hydrogens is 278 g/mol. The summed E-state index contributed by atoms with van der Waals surface area (Å²) in [7, 11) is 1.65. The maximum Gasteiger partial charge on any atom is 0.161 e. The van der Waals surface area contributed by atoms with Crippen molar-refractivity contribution in [3.8, 4) is 11.5 Å². The smallest absolute Gasteiger partial charge is 0.161 e. The first kappa shape index (κ1) is 16.3. The zero-order chi connectivity index (χ0) is 15.8.